The van der Waals surface area contributed by atoms with Gasteiger partial charge in [-0.2, -0.15) is 0 Å². The number of thiazole rings is 1. The molecular formula is C15H16ClN3OS. The predicted molar refractivity (Wildman–Crippen MR) is 85.0 cm³/mol. The van der Waals surface area contributed by atoms with E-state index in [9.17, 15) is 4.79 Å². The Labute approximate surface area is 132 Å². The standard InChI is InChI=1S/C15H16ClN3OS/c1-10-14(21-9-18-10)15(20)19-7-6-17-8-13(19)11-4-2-3-5-12(11)16/h2-5,9,13,17H,6-8H2,1H3. The molecule has 21 heavy (non-hydrogen) atoms. The van der Waals surface area contributed by atoms with E-state index in [0.717, 1.165) is 17.8 Å². The van der Waals surface area contributed by atoms with Crippen LogP contribution in [-0.4, -0.2) is 35.4 Å². The van der Waals surface area contributed by atoms with Crippen LogP contribution in [0.25, 0.3) is 0 Å². The maximum absolute atomic E-state index is 12.8. The summed E-state index contributed by atoms with van der Waals surface area (Å²) in [5.41, 5.74) is 3.50. The molecule has 0 bridgehead atoms. The number of hydrogen-bond donors (Lipinski definition) is 1. The summed E-state index contributed by atoms with van der Waals surface area (Å²) in [5, 5.41) is 4.04. The highest BCUT2D eigenvalue weighted by molar-refractivity contribution is 7.11. The third-order valence-electron chi connectivity index (χ3n) is 3.71. The second kappa shape index (κ2) is 6.13. The van der Waals surface area contributed by atoms with Crippen molar-refractivity contribution in [1.82, 2.24) is 15.2 Å². The van der Waals surface area contributed by atoms with E-state index in [1.165, 1.54) is 11.3 Å². The van der Waals surface area contributed by atoms with E-state index >= 15 is 0 Å². The SMILES string of the molecule is Cc1ncsc1C(=O)N1CCNCC1c1ccccc1Cl. The summed E-state index contributed by atoms with van der Waals surface area (Å²) >= 11 is 7.71. The molecule has 1 atom stereocenters. The molecule has 1 aliphatic rings. The topological polar surface area (TPSA) is 45.2 Å². The van der Waals surface area contributed by atoms with Crippen molar-refractivity contribution in [2.75, 3.05) is 19.6 Å². The number of rotatable bonds is 2. The van der Waals surface area contributed by atoms with Gasteiger partial charge < -0.3 is 10.2 Å². The molecule has 1 amide bonds. The summed E-state index contributed by atoms with van der Waals surface area (Å²) in [6, 6.07) is 7.67. The summed E-state index contributed by atoms with van der Waals surface area (Å²) in [4.78, 5) is 19.6. The second-order valence-electron chi connectivity index (χ2n) is 5.01. The molecule has 0 spiro atoms. The molecule has 1 fully saturated rings. The average Bonchev–Trinajstić information content (AvgIpc) is 2.93. The van der Waals surface area contributed by atoms with Crippen molar-refractivity contribution in [2.45, 2.75) is 13.0 Å². The summed E-state index contributed by atoms with van der Waals surface area (Å²) in [6.07, 6.45) is 0. The fourth-order valence-corrected chi connectivity index (χ4v) is 3.63. The molecule has 2 heterocycles. The number of amides is 1. The number of nitrogens with zero attached hydrogens (tertiary/aromatic N) is 2. The molecule has 1 aromatic carbocycles. The third kappa shape index (κ3) is 2.81. The van der Waals surface area contributed by atoms with Crippen molar-refractivity contribution in [1.29, 1.82) is 0 Å². The van der Waals surface area contributed by atoms with Crippen LogP contribution in [0.1, 0.15) is 27.0 Å². The minimum atomic E-state index is -0.0403. The predicted octanol–water partition coefficient (Wildman–Crippen LogP) is 2.89. The first-order chi connectivity index (χ1) is 10.2. The van der Waals surface area contributed by atoms with Crippen molar-refractivity contribution in [2.24, 2.45) is 0 Å². The number of carbonyl (C=O) groups excluding carboxylic acids is 1. The molecule has 0 saturated carbocycles. The monoisotopic (exact) mass is 321 g/mol. The number of benzene rings is 1. The molecule has 1 aromatic heterocycles. The number of halogens is 1. The Kier molecular flexibility index (Phi) is 4.24. The zero-order valence-corrected chi connectivity index (χ0v) is 13.2. The van der Waals surface area contributed by atoms with Crippen molar-refractivity contribution in [3.8, 4) is 0 Å². The lowest BCUT2D eigenvalue weighted by molar-refractivity contribution is 0.0638. The van der Waals surface area contributed by atoms with E-state index in [1.54, 1.807) is 5.51 Å². The van der Waals surface area contributed by atoms with Crippen LogP contribution in [-0.2, 0) is 0 Å². The first-order valence-electron chi connectivity index (χ1n) is 6.84. The van der Waals surface area contributed by atoms with Gasteiger partial charge in [-0.25, -0.2) is 4.98 Å². The van der Waals surface area contributed by atoms with Gasteiger partial charge in [0.2, 0.25) is 0 Å². The number of piperazine rings is 1. The lowest BCUT2D eigenvalue weighted by Crippen LogP contribution is -2.48. The van der Waals surface area contributed by atoms with Gasteiger partial charge in [0, 0.05) is 24.7 Å². The van der Waals surface area contributed by atoms with Crippen LogP contribution in [0.4, 0.5) is 0 Å². The Balaban J connectivity index is 1.94. The molecule has 6 heteroatoms. The van der Waals surface area contributed by atoms with Gasteiger partial charge in [-0.05, 0) is 18.6 Å². The molecule has 1 N–H and O–H groups in total. The van der Waals surface area contributed by atoms with Crippen LogP contribution in [0.5, 0.6) is 0 Å². The summed E-state index contributed by atoms with van der Waals surface area (Å²) < 4.78 is 0. The van der Waals surface area contributed by atoms with Crippen LogP contribution < -0.4 is 5.32 Å². The van der Waals surface area contributed by atoms with Crippen LogP contribution >= 0.6 is 22.9 Å². The molecule has 4 nitrogen and oxygen atoms in total. The summed E-state index contributed by atoms with van der Waals surface area (Å²) in [7, 11) is 0. The maximum atomic E-state index is 12.8. The van der Waals surface area contributed by atoms with E-state index in [4.69, 9.17) is 11.6 Å². The van der Waals surface area contributed by atoms with E-state index in [2.05, 4.69) is 10.3 Å². The molecule has 1 aliphatic heterocycles. The number of hydrogen-bond acceptors (Lipinski definition) is 4. The second-order valence-corrected chi connectivity index (χ2v) is 6.27. The lowest BCUT2D eigenvalue weighted by Gasteiger charge is -2.36. The molecule has 0 radical (unpaired) electrons. The Bertz CT molecular complexity index is 658. The molecule has 1 unspecified atom stereocenters. The van der Waals surface area contributed by atoms with Gasteiger partial charge in [0.1, 0.15) is 4.88 Å². The Morgan fingerprint density at radius 3 is 3.00 bits per heavy atom. The highest BCUT2D eigenvalue weighted by Gasteiger charge is 2.31. The van der Waals surface area contributed by atoms with Gasteiger partial charge >= 0.3 is 0 Å². The Hall–Kier alpha value is -1.43. The first-order valence-corrected chi connectivity index (χ1v) is 8.10. The van der Waals surface area contributed by atoms with Crippen LogP contribution in [0, 0.1) is 6.92 Å². The van der Waals surface area contributed by atoms with Crippen LogP contribution in [0.2, 0.25) is 5.02 Å². The Morgan fingerprint density at radius 1 is 1.48 bits per heavy atom. The molecule has 2 aromatic rings. The highest BCUT2D eigenvalue weighted by Crippen LogP contribution is 2.30. The van der Waals surface area contributed by atoms with Crippen LogP contribution in [0.3, 0.4) is 0 Å². The van der Waals surface area contributed by atoms with E-state index in [1.807, 2.05) is 36.1 Å². The van der Waals surface area contributed by atoms with Crippen molar-refractivity contribution >= 4 is 28.8 Å². The fourth-order valence-electron chi connectivity index (χ4n) is 2.61. The minimum Gasteiger partial charge on any atom is -0.328 e. The van der Waals surface area contributed by atoms with Crippen molar-refractivity contribution < 1.29 is 4.79 Å². The van der Waals surface area contributed by atoms with Gasteiger partial charge in [-0.15, -0.1) is 11.3 Å². The average molecular weight is 322 g/mol. The maximum Gasteiger partial charge on any atom is 0.266 e. The molecule has 3 rings (SSSR count). The molecular weight excluding hydrogens is 306 g/mol. The first kappa shape index (κ1) is 14.5. The number of aromatic nitrogens is 1. The smallest absolute Gasteiger partial charge is 0.266 e. The van der Waals surface area contributed by atoms with E-state index in [-0.39, 0.29) is 11.9 Å². The molecule has 110 valence electrons. The van der Waals surface area contributed by atoms with Gasteiger partial charge in [0.15, 0.2) is 0 Å². The quantitative estimate of drug-likeness (QED) is 0.925. The van der Waals surface area contributed by atoms with Gasteiger partial charge in [0.25, 0.3) is 5.91 Å². The lowest BCUT2D eigenvalue weighted by atomic mass is 10.0. The zero-order valence-electron chi connectivity index (χ0n) is 11.7. The molecule has 0 aliphatic carbocycles. The van der Waals surface area contributed by atoms with Gasteiger partial charge in [-0.1, -0.05) is 29.8 Å². The normalized spacial score (nSPS) is 18.8. The Morgan fingerprint density at radius 2 is 2.29 bits per heavy atom. The van der Waals surface area contributed by atoms with Gasteiger partial charge in [-0.3, -0.25) is 4.79 Å². The van der Waals surface area contributed by atoms with Crippen LogP contribution in [0.15, 0.2) is 29.8 Å². The minimum absolute atomic E-state index is 0.0403. The van der Waals surface area contributed by atoms with Crippen molar-refractivity contribution in [3.05, 3.63) is 50.9 Å². The van der Waals surface area contributed by atoms with Crippen molar-refractivity contribution in [3.63, 3.8) is 0 Å². The molecule has 1 saturated heterocycles. The highest BCUT2D eigenvalue weighted by atomic mass is 35.5. The van der Waals surface area contributed by atoms with Gasteiger partial charge in [0.05, 0.1) is 17.2 Å². The summed E-state index contributed by atoms with van der Waals surface area (Å²) in [6.45, 7) is 4.06. The summed E-state index contributed by atoms with van der Waals surface area (Å²) in [5.74, 6) is 0.0430. The third-order valence-corrected chi connectivity index (χ3v) is 4.97. The van der Waals surface area contributed by atoms with E-state index < -0.39 is 0 Å². The number of carbonyl (C=O) groups is 1. The number of aryl methyl sites for hydroxylation is 1. The fraction of sp³-hybridized carbons (Fsp3) is 0.333. The largest absolute Gasteiger partial charge is 0.328 e. The zero-order chi connectivity index (χ0) is 14.8. The number of nitrogens with one attached hydrogen (secondary N) is 1. The van der Waals surface area contributed by atoms with E-state index in [0.29, 0.717) is 23.0 Å².